The molecule has 0 radical (unpaired) electrons. The van der Waals surface area contributed by atoms with Crippen LogP contribution in [0.4, 0.5) is 0 Å². The second-order valence-corrected chi connectivity index (χ2v) is 8.02. The summed E-state index contributed by atoms with van der Waals surface area (Å²) < 4.78 is 12.4. The van der Waals surface area contributed by atoms with Gasteiger partial charge in [0, 0.05) is 37.6 Å². The molecule has 7 nitrogen and oxygen atoms in total. The highest BCUT2D eigenvalue weighted by Crippen LogP contribution is 2.24. The number of carbonyl (C=O) groups excluding carboxylic acids is 3. The van der Waals surface area contributed by atoms with E-state index in [9.17, 15) is 14.4 Å². The largest absolute Gasteiger partial charge is 0.461 e. The molecule has 0 aliphatic carbocycles. The molecule has 2 aromatic heterocycles. The summed E-state index contributed by atoms with van der Waals surface area (Å²) in [4.78, 5) is 41.0. The van der Waals surface area contributed by atoms with E-state index >= 15 is 0 Å². The number of amides is 1. The minimum Gasteiger partial charge on any atom is -0.461 e. The Labute approximate surface area is 187 Å². The minimum atomic E-state index is -0.438. The van der Waals surface area contributed by atoms with Gasteiger partial charge in [-0.15, -0.1) is 11.3 Å². The lowest BCUT2D eigenvalue weighted by atomic mass is 10.0. The maximum atomic E-state index is 13.3. The number of hydrogen-bond acceptors (Lipinski definition) is 6. The van der Waals surface area contributed by atoms with Crippen LogP contribution in [0.1, 0.15) is 69.0 Å². The number of hydrogen-bond donors (Lipinski definition) is 0. The van der Waals surface area contributed by atoms with Crippen LogP contribution in [0.25, 0.3) is 0 Å². The van der Waals surface area contributed by atoms with E-state index in [1.54, 1.807) is 29.4 Å². The van der Waals surface area contributed by atoms with Gasteiger partial charge < -0.3 is 18.9 Å². The Morgan fingerprint density at radius 3 is 2.45 bits per heavy atom. The molecule has 0 aliphatic heterocycles. The lowest BCUT2D eigenvalue weighted by molar-refractivity contribution is 0.0512. The number of esters is 1. The number of ether oxygens (including phenoxy) is 2. The summed E-state index contributed by atoms with van der Waals surface area (Å²) >= 11 is 1.35. The molecule has 170 valence electrons. The number of ketones is 1. The maximum absolute atomic E-state index is 13.3. The fourth-order valence-corrected chi connectivity index (χ4v) is 4.42. The first-order chi connectivity index (χ1) is 14.9. The Bertz CT molecular complexity index is 902. The van der Waals surface area contributed by atoms with E-state index in [2.05, 4.69) is 0 Å². The molecular formula is C23H32N2O5S. The SMILES string of the molecule is CCOCCCN(CC(=O)c1c(C)c(C(=O)OCC)n(CC)c1C)C(=O)c1cccs1. The van der Waals surface area contributed by atoms with Gasteiger partial charge in [0.25, 0.3) is 5.91 Å². The van der Waals surface area contributed by atoms with Crippen LogP contribution in [0.3, 0.4) is 0 Å². The second-order valence-electron chi connectivity index (χ2n) is 7.08. The molecule has 0 aromatic carbocycles. The van der Waals surface area contributed by atoms with Gasteiger partial charge >= 0.3 is 5.97 Å². The van der Waals surface area contributed by atoms with Crippen LogP contribution in [0, 0.1) is 13.8 Å². The van der Waals surface area contributed by atoms with Crippen LogP contribution in [0.2, 0.25) is 0 Å². The highest BCUT2D eigenvalue weighted by molar-refractivity contribution is 7.12. The zero-order valence-electron chi connectivity index (χ0n) is 19.0. The Morgan fingerprint density at radius 2 is 1.87 bits per heavy atom. The van der Waals surface area contributed by atoms with Gasteiger partial charge in [-0.1, -0.05) is 6.07 Å². The number of thiophene rings is 1. The van der Waals surface area contributed by atoms with Crippen molar-refractivity contribution in [3.05, 3.63) is 44.9 Å². The Morgan fingerprint density at radius 1 is 1.13 bits per heavy atom. The van der Waals surface area contributed by atoms with Crippen LogP contribution in [0.15, 0.2) is 17.5 Å². The molecule has 8 heteroatoms. The average molecular weight is 449 g/mol. The first-order valence-electron chi connectivity index (χ1n) is 10.7. The first kappa shape index (κ1) is 24.8. The maximum Gasteiger partial charge on any atom is 0.355 e. The van der Waals surface area contributed by atoms with Gasteiger partial charge in [-0.3, -0.25) is 9.59 Å². The fraction of sp³-hybridized carbons (Fsp3) is 0.522. The third-order valence-electron chi connectivity index (χ3n) is 5.11. The van der Waals surface area contributed by atoms with E-state index in [1.165, 1.54) is 11.3 Å². The summed E-state index contributed by atoms with van der Waals surface area (Å²) in [6.45, 7) is 11.5. The minimum absolute atomic E-state index is 0.0550. The van der Waals surface area contributed by atoms with Gasteiger partial charge in [-0.05, 0) is 58.0 Å². The molecular weight excluding hydrogens is 416 g/mol. The van der Waals surface area contributed by atoms with Crippen molar-refractivity contribution in [1.82, 2.24) is 9.47 Å². The van der Waals surface area contributed by atoms with E-state index in [0.717, 1.165) is 0 Å². The highest BCUT2D eigenvalue weighted by Gasteiger charge is 2.28. The van der Waals surface area contributed by atoms with Gasteiger partial charge in [-0.2, -0.15) is 0 Å². The Balaban J connectivity index is 2.31. The van der Waals surface area contributed by atoms with Crippen molar-refractivity contribution in [3.63, 3.8) is 0 Å². The molecule has 0 saturated carbocycles. The van der Waals surface area contributed by atoms with Crippen molar-refractivity contribution in [3.8, 4) is 0 Å². The number of rotatable bonds is 12. The van der Waals surface area contributed by atoms with E-state index in [-0.39, 0.29) is 24.8 Å². The molecule has 0 saturated heterocycles. The van der Waals surface area contributed by atoms with Crippen molar-refractivity contribution >= 4 is 29.0 Å². The highest BCUT2D eigenvalue weighted by atomic mass is 32.1. The molecule has 0 aliphatic rings. The zero-order valence-corrected chi connectivity index (χ0v) is 19.8. The fourth-order valence-electron chi connectivity index (χ4n) is 3.73. The van der Waals surface area contributed by atoms with Gasteiger partial charge in [0.15, 0.2) is 5.78 Å². The number of nitrogens with zero attached hydrogens (tertiary/aromatic N) is 2. The van der Waals surface area contributed by atoms with Crippen molar-refractivity contribution in [2.45, 2.75) is 47.6 Å². The van der Waals surface area contributed by atoms with Crippen LogP contribution >= 0.6 is 11.3 Å². The van der Waals surface area contributed by atoms with Gasteiger partial charge in [0.05, 0.1) is 18.0 Å². The van der Waals surface area contributed by atoms with Crippen LogP contribution in [-0.4, -0.2) is 60.0 Å². The monoisotopic (exact) mass is 448 g/mol. The Kier molecular flexibility index (Phi) is 9.45. The standard InChI is InChI=1S/C23H32N2O5S/c1-6-25-17(5)20(16(4)21(25)23(28)30-8-3)18(26)15-24(12-10-13-29-7-2)22(27)19-11-9-14-31-19/h9,11,14H,6-8,10,12-13,15H2,1-5H3. The number of carbonyl (C=O) groups is 3. The van der Waals surface area contributed by atoms with Crippen LogP contribution < -0.4 is 0 Å². The number of Topliss-reactive ketones (excluding diaryl/α,β-unsaturated/α-hetero) is 1. The van der Waals surface area contributed by atoms with E-state index in [1.807, 2.05) is 32.2 Å². The molecule has 2 heterocycles. The molecule has 0 spiro atoms. The molecule has 0 fully saturated rings. The molecule has 0 bridgehead atoms. The van der Waals surface area contributed by atoms with Gasteiger partial charge in [-0.25, -0.2) is 4.79 Å². The van der Waals surface area contributed by atoms with E-state index in [4.69, 9.17) is 9.47 Å². The summed E-state index contributed by atoms with van der Waals surface area (Å²) in [6, 6.07) is 3.58. The predicted molar refractivity (Wildman–Crippen MR) is 121 cm³/mol. The summed E-state index contributed by atoms with van der Waals surface area (Å²) in [5.41, 5.74) is 2.20. The molecule has 2 aromatic rings. The smallest absolute Gasteiger partial charge is 0.355 e. The summed E-state index contributed by atoms with van der Waals surface area (Å²) in [5.74, 6) is -0.794. The first-order valence-corrected chi connectivity index (χ1v) is 11.6. The van der Waals surface area contributed by atoms with E-state index < -0.39 is 5.97 Å². The molecule has 31 heavy (non-hydrogen) atoms. The Hall–Kier alpha value is -2.45. The summed E-state index contributed by atoms with van der Waals surface area (Å²) in [6.07, 6.45) is 0.639. The quantitative estimate of drug-likeness (QED) is 0.277. The number of aromatic nitrogens is 1. The molecule has 2 rings (SSSR count). The van der Waals surface area contributed by atoms with Crippen LogP contribution in [-0.2, 0) is 16.0 Å². The molecule has 0 unspecified atom stereocenters. The van der Waals surface area contributed by atoms with E-state index in [0.29, 0.717) is 60.1 Å². The summed E-state index contributed by atoms with van der Waals surface area (Å²) in [7, 11) is 0. The topological polar surface area (TPSA) is 77.8 Å². The molecule has 0 atom stereocenters. The van der Waals surface area contributed by atoms with Crippen molar-refractivity contribution in [1.29, 1.82) is 0 Å². The molecule has 1 amide bonds. The lowest BCUT2D eigenvalue weighted by Gasteiger charge is -2.21. The predicted octanol–water partition coefficient (Wildman–Crippen LogP) is 4.11. The van der Waals surface area contributed by atoms with Gasteiger partial charge in [0.2, 0.25) is 0 Å². The van der Waals surface area contributed by atoms with Gasteiger partial charge in [0.1, 0.15) is 5.69 Å². The van der Waals surface area contributed by atoms with Crippen LogP contribution in [0.5, 0.6) is 0 Å². The second kappa shape index (κ2) is 11.8. The lowest BCUT2D eigenvalue weighted by Crippen LogP contribution is -2.37. The molecule has 0 N–H and O–H groups in total. The van der Waals surface area contributed by atoms with Crippen molar-refractivity contribution in [2.75, 3.05) is 32.9 Å². The third-order valence-corrected chi connectivity index (χ3v) is 5.96. The zero-order chi connectivity index (χ0) is 23.0. The summed E-state index contributed by atoms with van der Waals surface area (Å²) in [5, 5.41) is 1.84. The average Bonchev–Trinajstić information content (AvgIpc) is 3.36. The third kappa shape index (κ3) is 5.83. The normalized spacial score (nSPS) is 10.9. The van der Waals surface area contributed by atoms with Crippen molar-refractivity contribution in [2.24, 2.45) is 0 Å². The van der Waals surface area contributed by atoms with Crippen molar-refractivity contribution < 1.29 is 23.9 Å².